The molecule has 0 saturated heterocycles. The number of methoxy groups -OCH3 is 1. The first kappa shape index (κ1) is 12.6. The summed E-state index contributed by atoms with van der Waals surface area (Å²) in [5, 5.41) is 4.48. The summed E-state index contributed by atoms with van der Waals surface area (Å²) in [5.74, 6) is -0.715. The number of esters is 1. The first-order valence-electron chi connectivity index (χ1n) is 5.38. The van der Waals surface area contributed by atoms with Gasteiger partial charge in [0.25, 0.3) is 0 Å². The van der Waals surface area contributed by atoms with E-state index in [0.29, 0.717) is 5.69 Å². The van der Waals surface area contributed by atoms with E-state index in [1.54, 1.807) is 13.1 Å². The molecular weight excluding hydrogens is 254 g/mol. The molecule has 7 heteroatoms. The number of thiazole rings is 1. The predicted molar refractivity (Wildman–Crippen MR) is 66.4 cm³/mol. The van der Waals surface area contributed by atoms with E-state index in [1.807, 2.05) is 16.0 Å². The highest BCUT2D eigenvalue weighted by Crippen LogP contribution is 2.11. The largest absolute Gasteiger partial charge is 0.467 e. The summed E-state index contributed by atoms with van der Waals surface area (Å²) < 4.78 is 6.39. The van der Waals surface area contributed by atoms with E-state index in [0.717, 1.165) is 4.96 Å². The molecular formula is C11H13N3O3S. The van der Waals surface area contributed by atoms with E-state index in [2.05, 4.69) is 15.0 Å². The zero-order chi connectivity index (χ0) is 13.1. The number of nitrogens with zero attached hydrogens (tertiary/aromatic N) is 2. The van der Waals surface area contributed by atoms with Crippen molar-refractivity contribution < 1.29 is 14.3 Å². The van der Waals surface area contributed by atoms with E-state index >= 15 is 0 Å². The molecule has 1 N–H and O–H groups in total. The van der Waals surface area contributed by atoms with Gasteiger partial charge in [0.2, 0.25) is 5.91 Å². The van der Waals surface area contributed by atoms with Gasteiger partial charge in [-0.1, -0.05) is 0 Å². The molecule has 2 heterocycles. The van der Waals surface area contributed by atoms with E-state index in [1.165, 1.54) is 18.4 Å². The van der Waals surface area contributed by atoms with Crippen molar-refractivity contribution in [3.05, 3.63) is 23.5 Å². The second-order valence-electron chi connectivity index (χ2n) is 3.81. The minimum absolute atomic E-state index is 0.149. The maximum Gasteiger partial charge on any atom is 0.328 e. The first-order valence-corrected chi connectivity index (χ1v) is 6.26. The Balaban J connectivity index is 1.95. The molecule has 0 aliphatic heterocycles. The Morgan fingerprint density at radius 3 is 3.06 bits per heavy atom. The highest BCUT2D eigenvalue weighted by molar-refractivity contribution is 7.15. The standard InChI is InChI=1S/C11H13N3O3S/c1-7(10(16)17-2)12-9(15)5-8-6-14-3-4-18-11(14)13-8/h3-4,6-7H,5H2,1-2H3,(H,12,15). The quantitative estimate of drug-likeness (QED) is 0.824. The van der Waals surface area contributed by atoms with Crippen molar-refractivity contribution in [2.24, 2.45) is 0 Å². The van der Waals surface area contributed by atoms with Crippen LogP contribution in [0.5, 0.6) is 0 Å². The van der Waals surface area contributed by atoms with Crippen LogP contribution in [0.1, 0.15) is 12.6 Å². The average molecular weight is 267 g/mol. The van der Waals surface area contributed by atoms with Gasteiger partial charge in [0.05, 0.1) is 19.2 Å². The molecule has 0 bridgehead atoms. The molecule has 1 amide bonds. The maximum absolute atomic E-state index is 11.7. The zero-order valence-corrected chi connectivity index (χ0v) is 10.9. The van der Waals surface area contributed by atoms with Gasteiger partial charge in [-0.25, -0.2) is 9.78 Å². The van der Waals surface area contributed by atoms with Gasteiger partial charge in [0, 0.05) is 17.8 Å². The average Bonchev–Trinajstić information content (AvgIpc) is 2.87. The third-order valence-corrected chi connectivity index (χ3v) is 3.19. The second kappa shape index (κ2) is 5.18. The lowest BCUT2D eigenvalue weighted by Gasteiger charge is -2.10. The summed E-state index contributed by atoms with van der Waals surface area (Å²) in [7, 11) is 1.29. The van der Waals surface area contributed by atoms with E-state index < -0.39 is 12.0 Å². The van der Waals surface area contributed by atoms with Crippen LogP contribution < -0.4 is 5.32 Å². The monoisotopic (exact) mass is 267 g/mol. The Hall–Kier alpha value is -1.89. The molecule has 0 aliphatic carbocycles. The number of carbonyl (C=O) groups excluding carboxylic acids is 2. The molecule has 18 heavy (non-hydrogen) atoms. The van der Waals surface area contributed by atoms with Crippen LogP contribution in [0.4, 0.5) is 0 Å². The van der Waals surface area contributed by atoms with E-state index in [-0.39, 0.29) is 12.3 Å². The highest BCUT2D eigenvalue weighted by atomic mass is 32.1. The van der Waals surface area contributed by atoms with E-state index in [9.17, 15) is 9.59 Å². The predicted octanol–water partition coefficient (Wildman–Crippen LogP) is 0.616. The van der Waals surface area contributed by atoms with Crippen LogP contribution in [0.2, 0.25) is 0 Å². The third kappa shape index (κ3) is 2.67. The molecule has 0 spiro atoms. The van der Waals surface area contributed by atoms with Crippen molar-refractivity contribution >= 4 is 28.2 Å². The molecule has 2 rings (SSSR count). The van der Waals surface area contributed by atoms with Gasteiger partial charge >= 0.3 is 5.97 Å². The topological polar surface area (TPSA) is 72.7 Å². The Bertz CT molecular complexity index is 546. The summed E-state index contributed by atoms with van der Waals surface area (Å²) in [6, 6.07) is -0.647. The SMILES string of the molecule is COC(=O)C(C)NC(=O)Cc1cn2ccsc2n1. The molecule has 1 atom stereocenters. The molecule has 2 aromatic rings. The number of ether oxygens (including phenoxy) is 1. The Labute approximate surface area is 108 Å². The molecule has 2 aromatic heterocycles. The van der Waals surface area contributed by atoms with Crippen LogP contribution in [-0.2, 0) is 20.7 Å². The molecule has 96 valence electrons. The lowest BCUT2D eigenvalue weighted by molar-refractivity contribution is -0.144. The van der Waals surface area contributed by atoms with Gasteiger partial charge in [-0.05, 0) is 6.92 Å². The maximum atomic E-state index is 11.7. The van der Waals surface area contributed by atoms with Crippen LogP contribution in [-0.4, -0.2) is 34.4 Å². The number of hydrogen-bond acceptors (Lipinski definition) is 5. The Kier molecular flexibility index (Phi) is 3.61. The Morgan fingerprint density at radius 1 is 1.61 bits per heavy atom. The summed E-state index contributed by atoms with van der Waals surface area (Å²) in [6.45, 7) is 1.58. The Morgan fingerprint density at radius 2 is 2.39 bits per heavy atom. The number of fused-ring (bicyclic) bond motifs is 1. The highest BCUT2D eigenvalue weighted by Gasteiger charge is 2.16. The lowest BCUT2D eigenvalue weighted by atomic mass is 10.3. The van der Waals surface area contributed by atoms with Crippen LogP contribution >= 0.6 is 11.3 Å². The molecule has 0 radical (unpaired) electrons. The fraction of sp³-hybridized carbons (Fsp3) is 0.364. The van der Waals surface area contributed by atoms with Crippen molar-refractivity contribution in [2.75, 3.05) is 7.11 Å². The smallest absolute Gasteiger partial charge is 0.328 e. The van der Waals surface area contributed by atoms with Crippen LogP contribution in [0.25, 0.3) is 4.96 Å². The fourth-order valence-corrected chi connectivity index (χ4v) is 2.27. The zero-order valence-electron chi connectivity index (χ0n) is 10.0. The van der Waals surface area contributed by atoms with Gasteiger partial charge in [-0.2, -0.15) is 0 Å². The summed E-state index contributed by atoms with van der Waals surface area (Å²) in [6.07, 6.45) is 3.83. The first-order chi connectivity index (χ1) is 8.60. The number of hydrogen-bond donors (Lipinski definition) is 1. The lowest BCUT2D eigenvalue weighted by Crippen LogP contribution is -2.39. The number of amides is 1. The van der Waals surface area contributed by atoms with Crippen molar-refractivity contribution in [1.82, 2.24) is 14.7 Å². The number of imidazole rings is 1. The number of nitrogens with one attached hydrogen (secondary N) is 1. The van der Waals surface area contributed by atoms with Crippen LogP contribution in [0, 0.1) is 0 Å². The van der Waals surface area contributed by atoms with Crippen LogP contribution in [0.3, 0.4) is 0 Å². The molecule has 0 saturated carbocycles. The molecule has 0 fully saturated rings. The fourth-order valence-electron chi connectivity index (χ4n) is 1.55. The minimum atomic E-state index is -0.647. The van der Waals surface area contributed by atoms with Crippen molar-refractivity contribution in [1.29, 1.82) is 0 Å². The van der Waals surface area contributed by atoms with Gasteiger partial charge in [0.1, 0.15) is 6.04 Å². The van der Waals surface area contributed by atoms with Crippen LogP contribution in [0.15, 0.2) is 17.8 Å². The molecule has 1 unspecified atom stereocenters. The number of carbonyl (C=O) groups is 2. The van der Waals surface area contributed by atoms with Crippen molar-refractivity contribution in [3.63, 3.8) is 0 Å². The van der Waals surface area contributed by atoms with Crippen molar-refractivity contribution in [3.8, 4) is 0 Å². The summed E-state index contributed by atoms with van der Waals surface area (Å²) in [4.78, 5) is 28.0. The van der Waals surface area contributed by atoms with Gasteiger partial charge in [-0.3, -0.25) is 9.20 Å². The third-order valence-electron chi connectivity index (χ3n) is 2.42. The van der Waals surface area contributed by atoms with Gasteiger partial charge < -0.3 is 10.1 Å². The number of rotatable bonds is 4. The molecule has 0 aromatic carbocycles. The van der Waals surface area contributed by atoms with Gasteiger partial charge in [0.15, 0.2) is 4.96 Å². The second-order valence-corrected chi connectivity index (χ2v) is 4.69. The minimum Gasteiger partial charge on any atom is -0.467 e. The summed E-state index contributed by atoms with van der Waals surface area (Å²) >= 11 is 1.50. The molecule has 0 aliphatic rings. The number of aromatic nitrogens is 2. The molecule has 6 nitrogen and oxygen atoms in total. The normalized spacial score (nSPS) is 12.3. The van der Waals surface area contributed by atoms with E-state index in [4.69, 9.17) is 0 Å². The summed E-state index contributed by atoms with van der Waals surface area (Å²) in [5.41, 5.74) is 0.677. The van der Waals surface area contributed by atoms with Gasteiger partial charge in [-0.15, -0.1) is 11.3 Å². The van der Waals surface area contributed by atoms with Crippen molar-refractivity contribution in [2.45, 2.75) is 19.4 Å².